The van der Waals surface area contributed by atoms with E-state index in [4.69, 9.17) is 11.6 Å². The molecule has 0 unspecified atom stereocenters. The van der Waals surface area contributed by atoms with Gasteiger partial charge in [-0.25, -0.2) is 0 Å². The van der Waals surface area contributed by atoms with Gasteiger partial charge in [0.15, 0.2) is 6.04 Å². The molecule has 1 aliphatic heterocycles. The molecule has 2 fully saturated rings. The average Bonchev–Trinajstić information content (AvgIpc) is 2.48. The summed E-state index contributed by atoms with van der Waals surface area (Å²) in [4.78, 5) is 24.3. The Bertz CT molecular complexity index is 578. The number of piperazine rings is 1. The Balaban J connectivity index is 1.57. The van der Waals surface area contributed by atoms with E-state index in [1.54, 1.807) is 24.3 Å². The second-order valence-corrected chi connectivity index (χ2v) is 6.56. The summed E-state index contributed by atoms with van der Waals surface area (Å²) in [5, 5.41) is 8.53. The molecule has 0 spiro atoms. The molecule has 5 nitrogen and oxygen atoms in total. The van der Waals surface area contributed by atoms with Crippen molar-refractivity contribution in [3.63, 3.8) is 0 Å². The first-order valence-corrected chi connectivity index (χ1v) is 8.20. The van der Waals surface area contributed by atoms with Crippen LogP contribution in [0.3, 0.4) is 0 Å². The predicted molar refractivity (Wildman–Crippen MR) is 84.6 cm³/mol. The van der Waals surface area contributed by atoms with E-state index in [0.717, 1.165) is 12.8 Å². The van der Waals surface area contributed by atoms with Crippen LogP contribution >= 0.6 is 11.6 Å². The minimum Gasteiger partial charge on any atom is -0.342 e. The number of quaternary nitrogens is 1. The average molecular weight is 323 g/mol. The molecule has 2 amide bonds. The first-order valence-electron chi connectivity index (χ1n) is 7.82. The van der Waals surface area contributed by atoms with Gasteiger partial charge in [-0.2, -0.15) is 0 Å². The molecular weight excluding hydrogens is 302 g/mol. The van der Waals surface area contributed by atoms with Crippen LogP contribution in [0.4, 0.5) is 5.69 Å². The Hall–Kier alpha value is -1.59. The monoisotopic (exact) mass is 322 g/mol. The number of benzene rings is 1. The number of halogens is 1. The number of hydrogen-bond acceptors (Lipinski definition) is 2. The van der Waals surface area contributed by atoms with Crippen molar-refractivity contribution in [1.29, 1.82) is 0 Å². The van der Waals surface area contributed by atoms with Crippen molar-refractivity contribution in [3.8, 4) is 0 Å². The van der Waals surface area contributed by atoms with Crippen LogP contribution in [-0.2, 0) is 9.59 Å². The lowest BCUT2D eigenvalue weighted by Crippen LogP contribution is -3.03. The van der Waals surface area contributed by atoms with Crippen molar-refractivity contribution in [3.05, 3.63) is 29.3 Å². The molecule has 4 N–H and O–H groups in total. The van der Waals surface area contributed by atoms with Crippen molar-refractivity contribution in [2.75, 3.05) is 5.32 Å². The van der Waals surface area contributed by atoms with Gasteiger partial charge in [-0.1, -0.05) is 24.1 Å². The van der Waals surface area contributed by atoms with E-state index in [9.17, 15) is 9.59 Å². The molecule has 0 aromatic heterocycles. The standard InChI is InChI=1S/C16H20ClN3O2/c17-10-4-3-5-11(8-10)18-15(21)9-14-16(22)20-13-7-2-1-6-12(13)19-14/h3-5,8,12-14,19H,1-2,6-7,9H2,(H,18,21)(H,20,22)/p+1/t12-,13+,14+/m0/s1. The van der Waals surface area contributed by atoms with Gasteiger partial charge < -0.3 is 16.0 Å². The maximum atomic E-state index is 12.1. The van der Waals surface area contributed by atoms with Crippen LogP contribution in [0, 0.1) is 0 Å². The Morgan fingerprint density at radius 3 is 3.00 bits per heavy atom. The fourth-order valence-corrected chi connectivity index (χ4v) is 3.57. The molecule has 0 bridgehead atoms. The fourth-order valence-electron chi connectivity index (χ4n) is 3.38. The van der Waals surface area contributed by atoms with E-state index in [-0.39, 0.29) is 30.3 Å². The van der Waals surface area contributed by atoms with E-state index >= 15 is 0 Å². The number of amides is 2. The maximum absolute atomic E-state index is 12.1. The number of rotatable bonds is 3. The van der Waals surface area contributed by atoms with E-state index in [1.165, 1.54) is 12.8 Å². The highest BCUT2D eigenvalue weighted by Gasteiger charge is 2.40. The van der Waals surface area contributed by atoms with Crippen LogP contribution in [0.2, 0.25) is 5.02 Å². The van der Waals surface area contributed by atoms with Crippen molar-refractivity contribution in [2.45, 2.75) is 50.2 Å². The summed E-state index contributed by atoms with van der Waals surface area (Å²) >= 11 is 5.90. The molecule has 3 atom stereocenters. The smallest absolute Gasteiger partial charge is 0.279 e. The lowest BCUT2D eigenvalue weighted by molar-refractivity contribution is -0.718. The van der Waals surface area contributed by atoms with Crippen LogP contribution in [-0.4, -0.2) is 29.9 Å². The quantitative estimate of drug-likeness (QED) is 0.778. The molecule has 1 saturated heterocycles. The van der Waals surface area contributed by atoms with Gasteiger partial charge in [0.05, 0.1) is 12.5 Å². The van der Waals surface area contributed by atoms with Crippen LogP contribution in [0.5, 0.6) is 0 Å². The molecule has 1 aromatic rings. The summed E-state index contributed by atoms with van der Waals surface area (Å²) in [6, 6.07) is 7.36. The van der Waals surface area contributed by atoms with Crippen LogP contribution in [0.1, 0.15) is 32.1 Å². The molecule has 1 aliphatic carbocycles. The zero-order valence-corrected chi connectivity index (χ0v) is 13.1. The highest BCUT2D eigenvalue weighted by Crippen LogP contribution is 2.19. The van der Waals surface area contributed by atoms with E-state index in [2.05, 4.69) is 16.0 Å². The molecule has 1 saturated carbocycles. The number of hydrogen-bond donors (Lipinski definition) is 3. The third kappa shape index (κ3) is 3.59. The van der Waals surface area contributed by atoms with Crippen LogP contribution in [0.15, 0.2) is 24.3 Å². The van der Waals surface area contributed by atoms with Crippen molar-refractivity contribution >= 4 is 29.1 Å². The number of fused-ring (bicyclic) bond motifs is 1. The van der Waals surface area contributed by atoms with Crippen molar-refractivity contribution in [1.82, 2.24) is 5.32 Å². The number of carbonyl (C=O) groups is 2. The van der Waals surface area contributed by atoms with Gasteiger partial charge in [-0.3, -0.25) is 9.59 Å². The first-order chi connectivity index (χ1) is 10.6. The van der Waals surface area contributed by atoms with Crippen molar-refractivity contribution in [2.24, 2.45) is 0 Å². The molecule has 2 aliphatic rings. The summed E-state index contributed by atoms with van der Waals surface area (Å²) in [6.07, 6.45) is 4.72. The second kappa shape index (κ2) is 6.67. The summed E-state index contributed by atoms with van der Waals surface area (Å²) in [6.45, 7) is 0. The second-order valence-electron chi connectivity index (χ2n) is 6.12. The summed E-state index contributed by atoms with van der Waals surface area (Å²) < 4.78 is 0. The zero-order chi connectivity index (χ0) is 15.5. The van der Waals surface area contributed by atoms with Gasteiger partial charge in [0.2, 0.25) is 5.91 Å². The third-order valence-electron chi connectivity index (χ3n) is 4.48. The number of nitrogens with one attached hydrogen (secondary N) is 2. The number of nitrogens with two attached hydrogens (primary N) is 1. The lowest BCUT2D eigenvalue weighted by atomic mass is 9.87. The van der Waals surface area contributed by atoms with E-state index in [0.29, 0.717) is 16.8 Å². The number of carbonyl (C=O) groups excluding carboxylic acids is 2. The lowest BCUT2D eigenvalue weighted by Gasteiger charge is -2.37. The van der Waals surface area contributed by atoms with Gasteiger partial charge in [-0.05, 0) is 31.0 Å². The summed E-state index contributed by atoms with van der Waals surface area (Å²) in [5.41, 5.74) is 0.657. The third-order valence-corrected chi connectivity index (χ3v) is 4.71. The van der Waals surface area contributed by atoms with Gasteiger partial charge >= 0.3 is 0 Å². The maximum Gasteiger partial charge on any atom is 0.279 e. The van der Waals surface area contributed by atoms with E-state index in [1.807, 2.05) is 0 Å². The minimum atomic E-state index is -0.335. The normalized spacial score (nSPS) is 27.7. The van der Waals surface area contributed by atoms with Crippen LogP contribution < -0.4 is 16.0 Å². The summed E-state index contributed by atoms with van der Waals surface area (Å²) in [5.74, 6) is -0.183. The Labute approximate surface area is 134 Å². The van der Waals surface area contributed by atoms with Gasteiger partial charge in [0.1, 0.15) is 6.04 Å². The molecule has 0 radical (unpaired) electrons. The minimum absolute atomic E-state index is 0.0237. The molecule has 22 heavy (non-hydrogen) atoms. The Morgan fingerprint density at radius 2 is 2.18 bits per heavy atom. The van der Waals surface area contributed by atoms with Crippen LogP contribution in [0.25, 0.3) is 0 Å². The van der Waals surface area contributed by atoms with Gasteiger partial charge in [0.25, 0.3) is 5.91 Å². The largest absolute Gasteiger partial charge is 0.342 e. The van der Waals surface area contributed by atoms with Gasteiger partial charge in [-0.15, -0.1) is 0 Å². The molecule has 1 heterocycles. The molecular formula is C16H21ClN3O2+. The molecule has 1 aromatic carbocycles. The molecule has 118 valence electrons. The molecule has 6 heteroatoms. The zero-order valence-electron chi connectivity index (χ0n) is 12.3. The SMILES string of the molecule is O=C(C[C@H]1[NH2+][C@H]2CCCC[C@H]2NC1=O)Nc1cccc(Cl)c1. The van der Waals surface area contributed by atoms with Gasteiger partial charge in [0, 0.05) is 17.1 Å². The highest BCUT2D eigenvalue weighted by atomic mass is 35.5. The van der Waals surface area contributed by atoms with Crippen molar-refractivity contribution < 1.29 is 14.9 Å². The first kappa shape index (κ1) is 15.3. The fraction of sp³-hybridized carbons (Fsp3) is 0.500. The molecule has 3 rings (SSSR count). The highest BCUT2D eigenvalue weighted by molar-refractivity contribution is 6.30. The Kier molecular flexibility index (Phi) is 4.64. The van der Waals surface area contributed by atoms with E-state index < -0.39 is 0 Å². The summed E-state index contributed by atoms with van der Waals surface area (Å²) in [7, 11) is 0. The Morgan fingerprint density at radius 1 is 1.36 bits per heavy atom. The topological polar surface area (TPSA) is 74.8 Å². The number of anilines is 1. The predicted octanol–water partition coefficient (Wildman–Crippen LogP) is 1.04.